The summed E-state index contributed by atoms with van der Waals surface area (Å²) < 4.78 is 35.2. The molecule has 0 amide bonds. The topological polar surface area (TPSA) is 73.9 Å². The lowest BCUT2D eigenvalue weighted by atomic mass is 9.96. The van der Waals surface area contributed by atoms with Crippen LogP contribution in [0.4, 0.5) is 0 Å². The number of rotatable bonds is 25. The minimum absolute atomic E-state index is 0.0256. The van der Waals surface area contributed by atoms with Crippen molar-refractivity contribution in [3.05, 3.63) is 0 Å². The van der Waals surface area contributed by atoms with Crippen molar-refractivity contribution in [1.82, 2.24) is 15.1 Å². The van der Waals surface area contributed by atoms with Gasteiger partial charge in [0.05, 0.1) is 81.0 Å². The van der Waals surface area contributed by atoms with Gasteiger partial charge in [0.25, 0.3) is 0 Å². The molecule has 0 saturated heterocycles. The Kier molecular flexibility index (Phi) is 20.8. The van der Waals surface area contributed by atoms with Crippen molar-refractivity contribution in [1.29, 1.82) is 0 Å². The van der Waals surface area contributed by atoms with E-state index in [1.807, 2.05) is 0 Å². The average Bonchev–Trinajstić information content (AvgIpc) is 2.85. The van der Waals surface area contributed by atoms with Gasteiger partial charge in [0.15, 0.2) is 0 Å². The van der Waals surface area contributed by atoms with Gasteiger partial charge < -0.3 is 28.4 Å². The van der Waals surface area contributed by atoms with E-state index in [0.717, 1.165) is 45.5 Å². The summed E-state index contributed by atoms with van der Waals surface area (Å²) in [6.07, 6.45) is 3.34. The fourth-order valence-corrected chi connectivity index (χ4v) is 5.66. The summed E-state index contributed by atoms with van der Waals surface area (Å²) in [5, 5.41) is 3.79. The van der Waals surface area contributed by atoms with Crippen LogP contribution in [0.1, 0.15) is 130 Å². The van der Waals surface area contributed by atoms with Crippen molar-refractivity contribution in [3.63, 3.8) is 0 Å². The average molecular weight is 662 g/mol. The van der Waals surface area contributed by atoms with Gasteiger partial charge in [-0.1, -0.05) is 0 Å². The molecule has 0 aromatic heterocycles. The van der Waals surface area contributed by atoms with Gasteiger partial charge >= 0.3 is 0 Å². The van der Waals surface area contributed by atoms with E-state index in [9.17, 15) is 0 Å². The molecule has 0 aliphatic carbocycles. The summed E-state index contributed by atoms with van der Waals surface area (Å²) in [6, 6.07) is 0. The highest BCUT2D eigenvalue weighted by Crippen LogP contribution is 2.33. The van der Waals surface area contributed by atoms with E-state index in [4.69, 9.17) is 28.4 Å². The first-order chi connectivity index (χ1) is 20.9. The number of nitrogens with one attached hydrogen (secondary N) is 1. The highest BCUT2D eigenvalue weighted by Gasteiger charge is 2.44. The molecule has 0 rings (SSSR count). The van der Waals surface area contributed by atoms with Crippen molar-refractivity contribution in [3.8, 4) is 0 Å². The molecule has 9 nitrogen and oxygen atoms in total. The van der Waals surface area contributed by atoms with E-state index >= 15 is 0 Å². The van der Waals surface area contributed by atoms with Gasteiger partial charge in [-0.3, -0.25) is 15.1 Å². The van der Waals surface area contributed by atoms with Crippen LogP contribution < -0.4 is 5.32 Å². The Hall–Kier alpha value is -0.360. The van der Waals surface area contributed by atoms with Crippen molar-refractivity contribution in [2.24, 2.45) is 0 Å². The van der Waals surface area contributed by atoms with Gasteiger partial charge in [-0.2, -0.15) is 0 Å². The van der Waals surface area contributed by atoms with Crippen molar-refractivity contribution in [2.75, 3.05) is 79.1 Å². The van der Waals surface area contributed by atoms with Gasteiger partial charge in [0, 0.05) is 31.8 Å². The molecular formula is C37H79N3O6. The molecule has 278 valence electrons. The van der Waals surface area contributed by atoms with Crippen molar-refractivity contribution < 1.29 is 28.4 Å². The second kappa shape index (κ2) is 21.0. The molecule has 0 unspecified atom stereocenters. The smallest absolute Gasteiger partial charge is 0.0707 e. The predicted molar refractivity (Wildman–Crippen MR) is 193 cm³/mol. The molecule has 1 N–H and O–H groups in total. The van der Waals surface area contributed by atoms with Crippen molar-refractivity contribution >= 4 is 0 Å². The van der Waals surface area contributed by atoms with Gasteiger partial charge in [0.2, 0.25) is 0 Å². The third-order valence-corrected chi connectivity index (χ3v) is 7.53. The molecule has 0 fully saturated rings. The highest BCUT2D eigenvalue weighted by atomic mass is 16.6. The first-order valence-corrected chi connectivity index (χ1v) is 17.8. The summed E-state index contributed by atoms with van der Waals surface area (Å²) in [4.78, 5) is 5.20. The maximum atomic E-state index is 6.11. The number of hydrogen-bond donors (Lipinski definition) is 1. The number of unbranched alkanes of at least 4 members (excludes halogenated alkanes) is 2. The van der Waals surface area contributed by atoms with Crippen LogP contribution in [0.15, 0.2) is 0 Å². The van der Waals surface area contributed by atoms with E-state index < -0.39 is 0 Å². The molecule has 0 aliphatic heterocycles. The fourth-order valence-electron chi connectivity index (χ4n) is 5.66. The van der Waals surface area contributed by atoms with Crippen LogP contribution in [0.5, 0.6) is 0 Å². The zero-order valence-corrected chi connectivity index (χ0v) is 33.5. The molecule has 0 bridgehead atoms. The van der Waals surface area contributed by atoms with E-state index in [-0.39, 0.29) is 33.7 Å². The number of hydrogen-bond acceptors (Lipinski definition) is 9. The lowest BCUT2D eigenvalue weighted by Crippen LogP contribution is -2.71. The van der Waals surface area contributed by atoms with E-state index in [1.165, 1.54) is 0 Å². The quantitative estimate of drug-likeness (QED) is 0.0814. The molecule has 0 aliphatic rings. The Morgan fingerprint density at radius 2 is 0.848 bits per heavy atom. The van der Waals surface area contributed by atoms with Crippen LogP contribution in [0.3, 0.4) is 0 Å². The minimum atomic E-state index is -0.316. The molecule has 9 heteroatoms. The Morgan fingerprint density at radius 1 is 0.413 bits per heavy atom. The molecule has 0 radical (unpaired) electrons. The zero-order chi connectivity index (χ0) is 35.7. The maximum Gasteiger partial charge on any atom is 0.0707 e. The normalized spacial score (nSPS) is 14.2. The van der Waals surface area contributed by atoms with E-state index in [0.29, 0.717) is 52.9 Å². The largest absolute Gasteiger partial charge is 0.378 e. The zero-order valence-electron chi connectivity index (χ0n) is 33.5. The van der Waals surface area contributed by atoms with Gasteiger partial charge in [-0.25, -0.2) is 0 Å². The number of ether oxygens (including phenoxy) is 6. The summed E-state index contributed by atoms with van der Waals surface area (Å²) in [6.45, 7) is 43.0. The SMILES string of the molecule is CC(C)(C)OCCCCCN(C(C)(C)C)C(C)(C)N(CCOCCOC(C)(C)C)C(C)(C)NCCOCCOCCOC(C)(C)C. The Labute approximate surface area is 286 Å². The second-order valence-electron chi connectivity index (χ2n) is 17.2. The summed E-state index contributed by atoms with van der Waals surface area (Å²) >= 11 is 0. The van der Waals surface area contributed by atoms with E-state index in [1.54, 1.807) is 0 Å². The molecule has 0 saturated carbocycles. The first kappa shape index (κ1) is 45.6. The fraction of sp³-hybridized carbons (Fsp3) is 1.00. The Morgan fingerprint density at radius 3 is 1.33 bits per heavy atom. The lowest BCUT2D eigenvalue weighted by Gasteiger charge is -2.57. The molecule has 0 aromatic carbocycles. The first-order valence-electron chi connectivity index (χ1n) is 17.8. The molecule has 46 heavy (non-hydrogen) atoms. The van der Waals surface area contributed by atoms with Crippen LogP contribution in [0, 0.1) is 0 Å². The van der Waals surface area contributed by atoms with Crippen LogP contribution >= 0.6 is 0 Å². The molecular weight excluding hydrogens is 582 g/mol. The molecule has 0 heterocycles. The molecule has 0 spiro atoms. The predicted octanol–water partition coefficient (Wildman–Crippen LogP) is 7.12. The monoisotopic (exact) mass is 662 g/mol. The lowest BCUT2D eigenvalue weighted by molar-refractivity contribution is -0.138. The van der Waals surface area contributed by atoms with E-state index in [2.05, 4.69) is 126 Å². The maximum absolute atomic E-state index is 6.11. The molecule has 0 atom stereocenters. The standard InChI is InChI=1S/C37H79N3O6/c1-32(2,3)39(21-18-17-19-23-44-33(4,5)6)37(15,16)40(22-25-42-28-30-45-34(7,8)9)36(13,14)38-20-24-41-26-27-43-29-31-46-35(10,11)12/h38H,17-31H2,1-16H3. The third-order valence-electron chi connectivity index (χ3n) is 7.53. The summed E-state index contributed by atoms with van der Waals surface area (Å²) in [7, 11) is 0. The Bertz CT molecular complexity index is 763. The number of nitrogens with zero attached hydrogens (tertiary/aromatic N) is 2. The molecule has 0 aromatic rings. The Balaban J connectivity index is 5.30. The van der Waals surface area contributed by atoms with Crippen LogP contribution in [-0.4, -0.2) is 123 Å². The van der Waals surface area contributed by atoms with Gasteiger partial charge in [-0.15, -0.1) is 0 Å². The summed E-state index contributed by atoms with van der Waals surface area (Å²) in [5.41, 5.74) is -0.987. The van der Waals surface area contributed by atoms with Crippen LogP contribution in [0.2, 0.25) is 0 Å². The summed E-state index contributed by atoms with van der Waals surface area (Å²) in [5.74, 6) is 0. The van der Waals surface area contributed by atoms with Gasteiger partial charge in [0.1, 0.15) is 0 Å². The van der Waals surface area contributed by atoms with Crippen molar-refractivity contribution in [2.45, 2.75) is 164 Å². The second-order valence-corrected chi connectivity index (χ2v) is 17.2. The minimum Gasteiger partial charge on any atom is -0.378 e. The van der Waals surface area contributed by atoms with Crippen LogP contribution in [-0.2, 0) is 28.4 Å². The van der Waals surface area contributed by atoms with Gasteiger partial charge in [-0.05, 0) is 130 Å². The highest BCUT2D eigenvalue weighted by molar-refractivity contribution is 4.95. The third kappa shape index (κ3) is 23.1. The van der Waals surface area contributed by atoms with Crippen LogP contribution in [0.25, 0.3) is 0 Å².